The molecule has 1 aliphatic rings. The van der Waals surface area contributed by atoms with Crippen molar-refractivity contribution in [3.63, 3.8) is 0 Å². The van der Waals surface area contributed by atoms with Crippen molar-refractivity contribution in [2.45, 2.75) is 46.1 Å². The second-order valence-electron chi connectivity index (χ2n) is 5.34. The van der Waals surface area contributed by atoms with Gasteiger partial charge < -0.3 is 15.3 Å². The van der Waals surface area contributed by atoms with Crippen molar-refractivity contribution in [1.82, 2.24) is 10.2 Å². The molecule has 1 heterocycles. The summed E-state index contributed by atoms with van der Waals surface area (Å²) in [4.78, 5) is 24.5. The molecular weight excluding hydrogens is 232 g/mol. The number of likely N-dealkylation sites (tertiary alicyclic amines) is 1. The Hall–Kier alpha value is -1.26. The van der Waals surface area contributed by atoms with E-state index >= 15 is 0 Å². The van der Waals surface area contributed by atoms with Crippen LogP contribution >= 0.6 is 0 Å². The lowest BCUT2D eigenvalue weighted by Gasteiger charge is -2.36. The smallest absolute Gasteiger partial charge is 0.317 e. The fraction of sp³-hybridized carbons (Fsp3) is 0.846. The van der Waals surface area contributed by atoms with Gasteiger partial charge in [-0.2, -0.15) is 0 Å². The first-order valence-electron chi connectivity index (χ1n) is 6.71. The number of carbonyl (C=O) groups is 2. The third kappa shape index (κ3) is 4.20. The molecule has 3 atom stereocenters. The molecule has 1 saturated heterocycles. The van der Waals surface area contributed by atoms with Crippen LogP contribution in [0, 0.1) is 11.8 Å². The normalized spacial score (nSPS) is 25.6. The molecule has 0 saturated carbocycles. The number of carbonyl (C=O) groups excluding carboxylic acids is 1. The standard InChI is InChI=1S/C13H24N2O3/c1-4-11(7-12(16)17)14-13(18)15-6-5-9(2)10(3)8-15/h9-11H,4-8H2,1-3H3,(H,14,18)(H,16,17). The summed E-state index contributed by atoms with van der Waals surface area (Å²) >= 11 is 0. The highest BCUT2D eigenvalue weighted by molar-refractivity contribution is 5.76. The fourth-order valence-corrected chi connectivity index (χ4v) is 2.22. The molecule has 0 aliphatic carbocycles. The van der Waals surface area contributed by atoms with E-state index in [2.05, 4.69) is 19.2 Å². The zero-order valence-electron chi connectivity index (χ0n) is 11.5. The minimum Gasteiger partial charge on any atom is -0.481 e. The highest BCUT2D eigenvalue weighted by Crippen LogP contribution is 2.22. The molecule has 2 amide bonds. The Morgan fingerprint density at radius 3 is 2.56 bits per heavy atom. The molecule has 18 heavy (non-hydrogen) atoms. The maximum absolute atomic E-state index is 12.0. The van der Waals surface area contributed by atoms with Gasteiger partial charge in [-0.25, -0.2) is 4.79 Å². The Labute approximate surface area is 109 Å². The maximum atomic E-state index is 12.0. The van der Waals surface area contributed by atoms with Gasteiger partial charge in [0.2, 0.25) is 0 Å². The summed E-state index contributed by atoms with van der Waals surface area (Å²) in [5.41, 5.74) is 0. The van der Waals surface area contributed by atoms with E-state index in [1.165, 1.54) is 0 Å². The zero-order chi connectivity index (χ0) is 13.7. The van der Waals surface area contributed by atoms with Gasteiger partial charge in [-0.3, -0.25) is 4.79 Å². The van der Waals surface area contributed by atoms with Gasteiger partial charge in [0.25, 0.3) is 0 Å². The summed E-state index contributed by atoms with van der Waals surface area (Å²) in [6, 6.07) is -0.397. The van der Waals surface area contributed by atoms with Crippen molar-refractivity contribution >= 4 is 12.0 Å². The fourth-order valence-electron chi connectivity index (χ4n) is 2.22. The van der Waals surface area contributed by atoms with Gasteiger partial charge >= 0.3 is 12.0 Å². The van der Waals surface area contributed by atoms with Gasteiger partial charge in [0.15, 0.2) is 0 Å². The van der Waals surface area contributed by atoms with Gasteiger partial charge in [0.1, 0.15) is 0 Å². The Morgan fingerprint density at radius 2 is 2.06 bits per heavy atom. The third-order valence-electron chi connectivity index (χ3n) is 3.86. The molecule has 0 aromatic heterocycles. The second-order valence-corrected chi connectivity index (χ2v) is 5.34. The number of amides is 2. The molecule has 5 heteroatoms. The number of aliphatic carboxylic acids is 1. The van der Waals surface area contributed by atoms with E-state index in [0.29, 0.717) is 18.3 Å². The van der Waals surface area contributed by atoms with Gasteiger partial charge in [0, 0.05) is 19.1 Å². The van der Waals surface area contributed by atoms with Crippen LogP contribution in [-0.4, -0.2) is 41.1 Å². The summed E-state index contributed by atoms with van der Waals surface area (Å²) in [6.07, 6.45) is 1.64. The molecule has 1 rings (SSSR count). The van der Waals surface area contributed by atoms with Crippen molar-refractivity contribution in [2.75, 3.05) is 13.1 Å². The van der Waals surface area contributed by atoms with Gasteiger partial charge in [-0.15, -0.1) is 0 Å². The van der Waals surface area contributed by atoms with Crippen LogP contribution in [0.4, 0.5) is 4.79 Å². The average Bonchev–Trinajstić information content (AvgIpc) is 2.31. The van der Waals surface area contributed by atoms with Gasteiger partial charge in [-0.05, 0) is 24.7 Å². The molecule has 5 nitrogen and oxygen atoms in total. The van der Waals surface area contributed by atoms with Crippen LogP contribution < -0.4 is 5.32 Å². The lowest BCUT2D eigenvalue weighted by molar-refractivity contribution is -0.137. The Bertz CT molecular complexity index is 307. The number of hydrogen-bond acceptors (Lipinski definition) is 2. The number of urea groups is 1. The molecule has 0 aromatic rings. The van der Waals surface area contributed by atoms with Crippen LogP contribution in [0.15, 0.2) is 0 Å². The molecule has 2 N–H and O–H groups in total. The van der Waals surface area contributed by atoms with E-state index in [9.17, 15) is 9.59 Å². The summed E-state index contributed by atoms with van der Waals surface area (Å²) in [7, 11) is 0. The molecule has 0 aromatic carbocycles. The molecule has 1 fully saturated rings. The summed E-state index contributed by atoms with van der Waals surface area (Å²) in [5, 5.41) is 11.6. The summed E-state index contributed by atoms with van der Waals surface area (Å²) in [6.45, 7) is 7.77. The largest absolute Gasteiger partial charge is 0.481 e. The van der Waals surface area contributed by atoms with Crippen molar-refractivity contribution in [2.24, 2.45) is 11.8 Å². The average molecular weight is 256 g/mol. The SMILES string of the molecule is CCC(CC(=O)O)NC(=O)N1CCC(C)C(C)C1. The summed E-state index contributed by atoms with van der Waals surface area (Å²) < 4.78 is 0. The maximum Gasteiger partial charge on any atom is 0.317 e. The van der Waals surface area contributed by atoms with Crippen LogP contribution in [0.5, 0.6) is 0 Å². The van der Waals surface area contributed by atoms with Crippen molar-refractivity contribution in [1.29, 1.82) is 0 Å². The lowest BCUT2D eigenvalue weighted by atomic mass is 9.89. The second kappa shape index (κ2) is 6.61. The number of hydrogen-bond donors (Lipinski definition) is 2. The topological polar surface area (TPSA) is 69.6 Å². The zero-order valence-corrected chi connectivity index (χ0v) is 11.5. The molecule has 3 unspecified atom stereocenters. The molecule has 0 radical (unpaired) electrons. The van der Waals surface area contributed by atoms with Crippen molar-refractivity contribution in [3.05, 3.63) is 0 Å². The van der Waals surface area contributed by atoms with Crippen LogP contribution in [0.1, 0.15) is 40.0 Å². The van der Waals surface area contributed by atoms with E-state index in [-0.39, 0.29) is 18.5 Å². The molecule has 104 valence electrons. The van der Waals surface area contributed by atoms with E-state index in [1.807, 2.05) is 6.92 Å². The number of nitrogens with one attached hydrogen (secondary N) is 1. The monoisotopic (exact) mass is 256 g/mol. The summed E-state index contributed by atoms with van der Waals surface area (Å²) in [5.74, 6) is 0.280. The number of nitrogens with zero attached hydrogens (tertiary/aromatic N) is 1. The first-order chi connectivity index (χ1) is 8.43. The Kier molecular flexibility index (Phi) is 5.44. The number of piperidine rings is 1. The highest BCUT2D eigenvalue weighted by atomic mass is 16.4. The first-order valence-corrected chi connectivity index (χ1v) is 6.71. The number of carboxylic acid groups (broad SMARTS) is 1. The first kappa shape index (κ1) is 14.8. The van der Waals surface area contributed by atoms with Gasteiger partial charge in [-0.1, -0.05) is 20.8 Å². The van der Waals surface area contributed by atoms with Crippen LogP contribution in [0.2, 0.25) is 0 Å². The van der Waals surface area contributed by atoms with Crippen molar-refractivity contribution in [3.8, 4) is 0 Å². The van der Waals surface area contributed by atoms with Crippen LogP contribution in [-0.2, 0) is 4.79 Å². The predicted molar refractivity (Wildman–Crippen MR) is 69.4 cm³/mol. The quantitative estimate of drug-likeness (QED) is 0.807. The van der Waals surface area contributed by atoms with E-state index < -0.39 is 5.97 Å². The van der Waals surface area contributed by atoms with E-state index in [4.69, 9.17) is 5.11 Å². The predicted octanol–water partition coefficient (Wildman–Crippen LogP) is 1.93. The minimum absolute atomic E-state index is 0.0119. The Balaban J connectivity index is 2.46. The van der Waals surface area contributed by atoms with Crippen molar-refractivity contribution < 1.29 is 14.7 Å². The Morgan fingerprint density at radius 1 is 1.39 bits per heavy atom. The molecular formula is C13H24N2O3. The minimum atomic E-state index is -0.872. The number of rotatable bonds is 4. The lowest BCUT2D eigenvalue weighted by Crippen LogP contribution is -2.50. The van der Waals surface area contributed by atoms with E-state index in [1.54, 1.807) is 4.90 Å². The van der Waals surface area contributed by atoms with Crippen LogP contribution in [0.25, 0.3) is 0 Å². The molecule has 0 bridgehead atoms. The third-order valence-corrected chi connectivity index (χ3v) is 3.86. The van der Waals surface area contributed by atoms with E-state index in [0.717, 1.165) is 19.5 Å². The highest BCUT2D eigenvalue weighted by Gasteiger charge is 2.27. The molecule has 1 aliphatic heterocycles. The number of carboxylic acids is 1. The molecule has 0 spiro atoms. The van der Waals surface area contributed by atoms with Crippen LogP contribution in [0.3, 0.4) is 0 Å². The van der Waals surface area contributed by atoms with Gasteiger partial charge in [0.05, 0.1) is 6.42 Å².